The highest BCUT2D eigenvalue weighted by molar-refractivity contribution is 7.08. The van der Waals surface area contributed by atoms with Crippen LogP contribution in [-0.2, 0) is 0 Å². The Labute approximate surface area is 174 Å². The van der Waals surface area contributed by atoms with Crippen molar-refractivity contribution in [1.29, 1.82) is 0 Å². The summed E-state index contributed by atoms with van der Waals surface area (Å²) in [7, 11) is 4.04. The molecule has 5 nitrogen and oxygen atoms in total. The maximum Gasteiger partial charge on any atom is 0.254 e. The number of carbonyl (C=O) groups excluding carboxylic acids is 1. The fourth-order valence-electron chi connectivity index (χ4n) is 3.25. The van der Waals surface area contributed by atoms with Gasteiger partial charge in [-0.05, 0) is 60.6 Å². The second kappa shape index (κ2) is 8.90. The Morgan fingerprint density at radius 2 is 2.11 bits per heavy atom. The summed E-state index contributed by atoms with van der Waals surface area (Å²) in [6.45, 7) is 4.65. The van der Waals surface area contributed by atoms with Crippen molar-refractivity contribution in [2.45, 2.75) is 25.8 Å². The van der Waals surface area contributed by atoms with E-state index in [9.17, 15) is 4.79 Å². The van der Waals surface area contributed by atoms with Gasteiger partial charge in [0.1, 0.15) is 0 Å². The van der Waals surface area contributed by atoms with Gasteiger partial charge in [-0.3, -0.25) is 4.79 Å². The number of carbonyl (C=O) groups is 1. The number of hydrogen-bond donors (Lipinski definition) is 1. The second-order valence-corrected chi connectivity index (χ2v) is 8.45. The summed E-state index contributed by atoms with van der Waals surface area (Å²) in [6, 6.07) is 9.71. The Balaban J connectivity index is 1.84. The molecule has 3 aromatic rings. The van der Waals surface area contributed by atoms with Crippen LogP contribution in [0.4, 0.5) is 0 Å². The number of benzene rings is 1. The van der Waals surface area contributed by atoms with Crippen molar-refractivity contribution in [2.75, 3.05) is 20.6 Å². The van der Waals surface area contributed by atoms with E-state index in [-0.39, 0.29) is 17.9 Å². The zero-order valence-electron chi connectivity index (χ0n) is 16.5. The molecular weight excluding hydrogens is 392 g/mol. The molecule has 0 saturated heterocycles. The van der Waals surface area contributed by atoms with E-state index in [4.69, 9.17) is 11.6 Å². The van der Waals surface area contributed by atoms with Crippen LogP contribution in [0.3, 0.4) is 0 Å². The Morgan fingerprint density at radius 3 is 2.71 bits per heavy atom. The first kappa shape index (κ1) is 20.6. The summed E-state index contributed by atoms with van der Waals surface area (Å²) in [5, 5.41) is 12.4. The minimum Gasteiger partial charge on any atom is -0.350 e. The summed E-state index contributed by atoms with van der Waals surface area (Å²) in [5.41, 5.74) is 3.52. The maximum atomic E-state index is 13.0. The smallest absolute Gasteiger partial charge is 0.254 e. The molecule has 1 atom stereocenters. The first-order chi connectivity index (χ1) is 13.4. The van der Waals surface area contributed by atoms with Crippen molar-refractivity contribution in [1.82, 2.24) is 20.0 Å². The number of hydrogen-bond acceptors (Lipinski definition) is 4. The Morgan fingerprint density at radius 1 is 1.32 bits per heavy atom. The van der Waals surface area contributed by atoms with Crippen LogP contribution in [-0.4, -0.2) is 41.2 Å². The van der Waals surface area contributed by atoms with Gasteiger partial charge in [0.2, 0.25) is 0 Å². The van der Waals surface area contributed by atoms with E-state index < -0.39 is 0 Å². The van der Waals surface area contributed by atoms with E-state index in [1.165, 1.54) is 5.56 Å². The molecule has 7 heteroatoms. The number of likely N-dealkylation sites (N-methyl/N-ethyl adjacent to an activating group) is 1. The Bertz CT molecular complexity index is 934. The minimum absolute atomic E-state index is 0.112. The quantitative estimate of drug-likeness (QED) is 0.605. The molecule has 1 amide bonds. The molecule has 0 fully saturated rings. The topological polar surface area (TPSA) is 50.2 Å². The van der Waals surface area contributed by atoms with Gasteiger partial charge in [0.25, 0.3) is 5.91 Å². The lowest BCUT2D eigenvalue weighted by molar-refractivity contribution is 0.0940. The van der Waals surface area contributed by atoms with Crippen molar-refractivity contribution in [2.24, 2.45) is 0 Å². The third-order valence-corrected chi connectivity index (χ3v) is 5.59. The van der Waals surface area contributed by atoms with Crippen LogP contribution < -0.4 is 5.32 Å². The fourth-order valence-corrected chi connectivity index (χ4v) is 4.14. The van der Waals surface area contributed by atoms with Gasteiger partial charge in [-0.15, -0.1) is 0 Å². The van der Waals surface area contributed by atoms with Crippen LogP contribution in [0.25, 0.3) is 5.69 Å². The largest absolute Gasteiger partial charge is 0.350 e. The van der Waals surface area contributed by atoms with Crippen LogP contribution in [0.15, 0.2) is 47.3 Å². The number of halogens is 1. The SMILES string of the molecule is CC(C)c1c(C(=O)NCC(c2ccsc2)N(C)C)cnn1-c1cccc(Cl)c1. The molecule has 0 spiro atoms. The molecule has 0 radical (unpaired) electrons. The fraction of sp³-hybridized carbons (Fsp3) is 0.333. The Hall–Kier alpha value is -2.15. The zero-order chi connectivity index (χ0) is 20.3. The lowest BCUT2D eigenvalue weighted by atomic mass is 10.0. The second-order valence-electron chi connectivity index (χ2n) is 7.24. The summed E-state index contributed by atoms with van der Waals surface area (Å²) < 4.78 is 1.80. The van der Waals surface area contributed by atoms with Crippen molar-refractivity contribution < 1.29 is 4.79 Å². The lowest BCUT2D eigenvalue weighted by Gasteiger charge is -2.24. The van der Waals surface area contributed by atoms with Crippen molar-refractivity contribution in [3.05, 3.63) is 69.1 Å². The molecule has 2 aromatic heterocycles. The first-order valence-corrected chi connectivity index (χ1v) is 10.5. The van der Waals surface area contributed by atoms with E-state index in [1.54, 1.807) is 22.2 Å². The molecule has 1 aromatic carbocycles. The van der Waals surface area contributed by atoms with Crippen LogP contribution in [0.1, 0.15) is 47.4 Å². The molecule has 1 unspecified atom stereocenters. The number of amides is 1. The van der Waals surface area contributed by atoms with Gasteiger partial charge in [0, 0.05) is 11.6 Å². The Kier molecular flexibility index (Phi) is 6.54. The summed E-state index contributed by atoms with van der Waals surface area (Å²) >= 11 is 7.80. The number of rotatable bonds is 7. The van der Waals surface area contributed by atoms with Crippen LogP contribution in [0.5, 0.6) is 0 Å². The number of nitrogens with zero attached hydrogens (tertiary/aromatic N) is 3. The first-order valence-electron chi connectivity index (χ1n) is 9.19. The van der Waals surface area contributed by atoms with Crippen LogP contribution in [0.2, 0.25) is 5.02 Å². The van der Waals surface area contributed by atoms with Gasteiger partial charge in [0.05, 0.1) is 29.2 Å². The van der Waals surface area contributed by atoms with E-state index in [2.05, 4.69) is 46.0 Å². The molecule has 0 aliphatic rings. The number of aromatic nitrogens is 2. The molecule has 1 N–H and O–H groups in total. The highest BCUT2D eigenvalue weighted by atomic mass is 35.5. The van der Waals surface area contributed by atoms with Gasteiger partial charge in [-0.2, -0.15) is 16.4 Å². The molecular formula is C21H25ClN4OS. The molecule has 0 saturated carbocycles. The van der Waals surface area contributed by atoms with Gasteiger partial charge in [-0.25, -0.2) is 4.68 Å². The lowest BCUT2D eigenvalue weighted by Crippen LogP contribution is -2.34. The van der Waals surface area contributed by atoms with E-state index in [0.717, 1.165) is 11.4 Å². The molecule has 0 aliphatic carbocycles. The van der Waals surface area contributed by atoms with Crippen molar-refractivity contribution >= 4 is 28.8 Å². The summed E-state index contributed by atoms with van der Waals surface area (Å²) in [6.07, 6.45) is 1.64. The van der Waals surface area contributed by atoms with Gasteiger partial charge >= 0.3 is 0 Å². The third kappa shape index (κ3) is 4.46. The molecule has 0 aliphatic heterocycles. The normalized spacial score (nSPS) is 12.5. The van der Waals surface area contributed by atoms with Crippen LogP contribution in [0, 0.1) is 0 Å². The molecule has 3 rings (SSSR count). The van der Waals surface area contributed by atoms with Gasteiger partial charge < -0.3 is 10.2 Å². The number of thiophene rings is 1. The van der Waals surface area contributed by atoms with Crippen molar-refractivity contribution in [3.8, 4) is 5.69 Å². The van der Waals surface area contributed by atoms with E-state index in [0.29, 0.717) is 17.1 Å². The minimum atomic E-state index is -0.112. The predicted molar refractivity (Wildman–Crippen MR) is 116 cm³/mol. The summed E-state index contributed by atoms with van der Waals surface area (Å²) in [4.78, 5) is 15.1. The maximum absolute atomic E-state index is 13.0. The predicted octanol–water partition coefficient (Wildman–Crippen LogP) is 4.74. The van der Waals surface area contributed by atoms with Gasteiger partial charge in [-0.1, -0.05) is 31.5 Å². The molecule has 28 heavy (non-hydrogen) atoms. The van der Waals surface area contributed by atoms with E-state index >= 15 is 0 Å². The molecule has 148 valence electrons. The van der Waals surface area contributed by atoms with Crippen molar-refractivity contribution in [3.63, 3.8) is 0 Å². The average Bonchev–Trinajstić information content (AvgIpc) is 3.31. The monoisotopic (exact) mass is 416 g/mol. The zero-order valence-corrected chi connectivity index (χ0v) is 18.1. The number of nitrogens with one attached hydrogen (secondary N) is 1. The standard InChI is InChI=1S/C21H25ClN4OS/c1-14(2)20-18(11-24-26(20)17-7-5-6-16(22)10-17)21(27)23-12-19(25(3)4)15-8-9-28-13-15/h5-11,13-14,19H,12H2,1-4H3,(H,23,27). The third-order valence-electron chi connectivity index (χ3n) is 4.66. The molecule has 0 bridgehead atoms. The summed E-state index contributed by atoms with van der Waals surface area (Å²) in [5.74, 6) is 0.0165. The highest BCUT2D eigenvalue weighted by Gasteiger charge is 2.22. The highest BCUT2D eigenvalue weighted by Crippen LogP contribution is 2.25. The van der Waals surface area contributed by atoms with Gasteiger partial charge in [0.15, 0.2) is 0 Å². The molecule has 2 heterocycles. The van der Waals surface area contributed by atoms with Crippen LogP contribution >= 0.6 is 22.9 Å². The average molecular weight is 417 g/mol. The van der Waals surface area contributed by atoms with E-state index in [1.807, 2.05) is 38.4 Å².